The highest BCUT2D eigenvalue weighted by molar-refractivity contribution is 5.91. The molecule has 0 saturated heterocycles. The number of anilines is 2. The molecule has 0 spiro atoms. The predicted octanol–water partition coefficient (Wildman–Crippen LogP) is 4.60. The van der Waals surface area contributed by atoms with E-state index in [9.17, 15) is 0 Å². The van der Waals surface area contributed by atoms with Crippen molar-refractivity contribution in [2.24, 2.45) is 0 Å². The standard InChI is InChI=1S/C17H19N3/c1-17(2,3)12-7-6-8-13(11-12)18-16-14-9-4-5-10-15(14)19-20-16/h4-11H,1-3H3,(H2,18,19,20). The van der Waals surface area contributed by atoms with E-state index in [-0.39, 0.29) is 5.41 Å². The van der Waals surface area contributed by atoms with Crippen LogP contribution in [0.1, 0.15) is 26.3 Å². The van der Waals surface area contributed by atoms with Crippen LogP contribution in [0.25, 0.3) is 10.9 Å². The highest BCUT2D eigenvalue weighted by atomic mass is 15.2. The monoisotopic (exact) mass is 265 g/mol. The van der Waals surface area contributed by atoms with Crippen LogP contribution in [0.3, 0.4) is 0 Å². The van der Waals surface area contributed by atoms with Gasteiger partial charge < -0.3 is 5.32 Å². The molecule has 3 aromatic rings. The van der Waals surface area contributed by atoms with Crippen molar-refractivity contribution in [1.29, 1.82) is 0 Å². The maximum absolute atomic E-state index is 4.35. The van der Waals surface area contributed by atoms with Crippen molar-refractivity contribution in [3.8, 4) is 0 Å². The topological polar surface area (TPSA) is 40.7 Å². The van der Waals surface area contributed by atoms with Crippen LogP contribution in [0.2, 0.25) is 0 Å². The SMILES string of the molecule is CC(C)(C)c1cccc(Nc2n[nH]c3ccccc23)c1. The third-order valence-electron chi connectivity index (χ3n) is 3.46. The quantitative estimate of drug-likeness (QED) is 0.710. The molecule has 0 aliphatic carbocycles. The van der Waals surface area contributed by atoms with Gasteiger partial charge in [-0.2, -0.15) is 5.10 Å². The van der Waals surface area contributed by atoms with Gasteiger partial charge in [-0.3, -0.25) is 5.10 Å². The minimum absolute atomic E-state index is 0.144. The lowest BCUT2D eigenvalue weighted by atomic mass is 9.87. The zero-order chi connectivity index (χ0) is 14.2. The van der Waals surface area contributed by atoms with Crippen molar-refractivity contribution in [3.63, 3.8) is 0 Å². The predicted molar refractivity (Wildman–Crippen MR) is 84.5 cm³/mol. The summed E-state index contributed by atoms with van der Waals surface area (Å²) in [5.41, 5.74) is 3.56. The van der Waals surface area contributed by atoms with Crippen molar-refractivity contribution in [1.82, 2.24) is 10.2 Å². The van der Waals surface area contributed by atoms with Crippen molar-refractivity contribution in [2.75, 3.05) is 5.32 Å². The fourth-order valence-electron chi connectivity index (χ4n) is 2.26. The molecular weight excluding hydrogens is 246 g/mol. The molecule has 0 fully saturated rings. The second-order valence-corrected chi connectivity index (χ2v) is 6.07. The maximum Gasteiger partial charge on any atom is 0.160 e. The Morgan fingerprint density at radius 3 is 2.60 bits per heavy atom. The van der Waals surface area contributed by atoms with Crippen LogP contribution < -0.4 is 5.32 Å². The first-order chi connectivity index (χ1) is 9.54. The molecule has 2 aromatic carbocycles. The van der Waals surface area contributed by atoms with Gasteiger partial charge in [0.2, 0.25) is 0 Å². The Morgan fingerprint density at radius 2 is 1.80 bits per heavy atom. The number of para-hydroxylation sites is 1. The van der Waals surface area contributed by atoms with Crippen LogP contribution in [0.5, 0.6) is 0 Å². The fraction of sp³-hybridized carbons (Fsp3) is 0.235. The first-order valence-corrected chi connectivity index (χ1v) is 6.85. The van der Waals surface area contributed by atoms with E-state index in [4.69, 9.17) is 0 Å². The molecule has 0 unspecified atom stereocenters. The lowest BCUT2D eigenvalue weighted by molar-refractivity contribution is 0.590. The van der Waals surface area contributed by atoms with Crippen LogP contribution >= 0.6 is 0 Å². The Bertz CT molecular complexity index is 735. The number of benzene rings is 2. The molecule has 3 heteroatoms. The number of fused-ring (bicyclic) bond motifs is 1. The average Bonchev–Trinajstić information content (AvgIpc) is 2.82. The van der Waals surface area contributed by atoms with E-state index >= 15 is 0 Å². The molecule has 0 bridgehead atoms. The summed E-state index contributed by atoms with van der Waals surface area (Å²) in [5, 5.41) is 11.9. The number of hydrogen-bond acceptors (Lipinski definition) is 2. The summed E-state index contributed by atoms with van der Waals surface area (Å²) in [7, 11) is 0. The van der Waals surface area contributed by atoms with Gasteiger partial charge in [0.25, 0.3) is 0 Å². The van der Waals surface area contributed by atoms with Gasteiger partial charge in [0, 0.05) is 11.1 Å². The van der Waals surface area contributed by atoms with Crippen molar-refractivity contribution < 1.29 is 0 Å². The van der Waals surface area contributed by atoms with E-state index in [0.29, 0.717) is 0 Å². The molecule has 3 rings (SSSR count). The molecule has 1 heterocycles. The fourth-order valence-corrected chi connectivity index (χ4v) is 2.26. The second kappa shape index (κ2) is 4.67. The molecule has 0 saturated carbocycles. The van der Waals surface area contributed by atoms with Crippen molar-refractivity contribution in [3.05, 3.63) is 54.1 Å². The second-order valence-electron chi connectivity index (χ2n) is 6.07. The first kappa shape index (κ1) is 12.7. The molecule has 20 heavy (non-hydrogen) atoms. The number of rotatable bonds is 2. The van der Waals surface area contributed by atoms with E-state index in [1.807, 2.05) is 18.2 Å². The number of nitrogens with zero attached hydrogens (tertiary/aromatic N) is 1. The Kier molecular flexibility index (Phi) is 2.97. The molecule has 0 atom stereocenters. The summed E-state index contributed by atoms with van der Waals surface area (Å²) in [6.45, 7) is 6.65. The highest BCUT2D eigenvalue weighted by Crippen LogP contribution is 2.28. The summed E-state index contributed by atoms with van der Waals surface area (Å²) in [6.07, 6.45) is 0. The Labute approximate surface area is 119 Å². The summed E-state index contributed by atoms with van der Waals surface area (Å²) >= 11 is 0. The summed E-state index contributed by atoms with van der Waals surface area (Å²) in [4.78, 5) is 0. The first-order valence-electron chi connectivity index (χ1n) is 6.85. The van der Waals surface area contributed by atoms with Gasteiger partial charge >= 0.3 is 0 Å². The Morgan fingerprint density at radius 1 is 1.00 bits per heavy atom. The molecule has 102 valence electrons. The molecule has 0 amide bonds. The van der Waals surface area contributed by atoms with Crippen LogP contribution in [0, 0.1) is 0 Å². The minimum Gasteiger partial charge on any atom is -0.338 e. The molecule has 2 N–H and O–H groups in total. The summed E-state index contributed by atoms with van der Waals surface area (Å²) < 4.78 is 0. The van der Waals surface area contributed by atoms with Gasteiger partial charge in [0.15, 0.2) is 5.82 Å². The van der Waals surface area contributed by atoms with Gasteiger partial charge in [0.05, 0.1) is 5.52 Å². The zero-order valence-electron chi connectivity index (χ0n) is 12.1. The molecule has 0 aliphatic rings. The van der Waals surface area contributed by atoms with Crippen molar-refractivity contribution >= 4 is 22.4 Å². The summed E-state index contributed by atoms with van der Waals surface area (Å²) in [5.74, 6) is 0.867. The zero-order valence-corrected chi connectivity index (χ0v) is 12.1. The smallest absolute Gasteiger partial charge is 0.160 e. The molecule has 1 aromatic heterocycles. The number of nitrogens with one attached hydrogen (secondary N) is 2. The lowest BCUT2D eigenvalue weighted by Gasteiger charge is -2.19. The minimum atomic E-state index is 0.144. The van der Waals surface area contributed by atoms with E-state index in [2.05, 4.69) is 66.6 Å². The van der Waals surface area contributed by atoms with Crippen LogP contribution in [0.4, 0.5) is 11.5 Å². The lowest BCUT2D eigenvalue weighted by Crippen LogP contribution is -2.11. The van der Waals surface area contributed by atoms with Gasteiger partial charge in [-0.05, 0) is 35.2 Å². The van der Waals surface area contributed by atoms with E-state index in [0.717, 1.165) is 22.4 Å². The maximum atomic E-state index is 4.35. The van der Waals surface area contributed by atoms with Gasteiger partial charge in [-0.25, -0.2) is 0 Å². The Balaban J connectivity index is 1.95. The van der Waals surface area contributed by atoms with Crippen LogP contribution in [-0.2, 0) is 5.41 Å². The molecule has 3 nitrogen and oxygen atoms in total. The third-order valence-corrected chi connectivity index (χ3v) is 3.46. The molecule has 0 aliphatic heterocycles. The number of H-pyrrole nitrogens is 1. The van der Waals surface area contributed by atoms with Crippen LogP contribution in [0.15, 0.2) is 48.5 Å². The van der Waals surface area contributed by atoms with E-state index < -0.39 is 0 Å². The largest absolute Gasteiger partial charge is 0.338 e. The van der Waals surface area contributed by atoms with E-state index in [1.165, 1.54) is 5.56 Å². The molecular formula is C17H19N3. The normalized spacial score (nSPS) is 11.8. The highest BCUT2D eigenvalue weighted by Gasteiger charge is 2.14. The van der Waals surface area contributed by atoms with Gasteiger partial charge in [-0.15, -0.1) is 0 Å². The van der Waals surface area contributed by atoms with Crippen LogP contribution in [-0.4, -0.2) is 10.2 Å². The van der Waals surface area contributed by atoms with Gasteiger partial charge in [0.1, 0.15) is 0 Å². The average molecular weight is 265 g/mol. The number of hydrogen-bond donors (Lipinski definition) is 2. The van der Waals surface area contributed by atoms with Crippen molar-refractivity contribution in [2.45, 2.75) is 26.2 Å². The number of aromatic amines is 1. The van der Waals surface area contributed by atoms with E-state index in [1.54, 1.807) is 0 Å². The Hall–Kier alpha value is -2.29. The van der Waals surface area contributed by atoms with Gasteiger partial charge in [-0.1, -0.05) is 45.0 Å². The number of aromatic nitrogens is 2. The summed E-state index contributed by atoms with van der Waals surface area (Å²) in [6, 6.07) is 16.6. The third kappa shape index (κ3) is 2.39. The molecule has 0 radical (unpaired) electrons.